The number of carboxylic acids is 1. The predicted molar refractivity (Wildman–Crippen MR) is 65.4 cm³/mol. The van der Waals surface area contributed by atoms with Crippen molar-refractivity contribution in [2.75, 3.05) is 0 Å². The van der Waals surface area contributed by atoms with E-state index in [-0.39, 0.29) is 5.92 Å². The maximum absolute atomic E-state index is 11.1. The third-order valence-electron chi connectivity index (χ3n) is 2.69. The van der Waals surface area contributed by atoms with Crippen LogP contribution in [0.25, 0.3) is 0 Å². The van der Waals surface area contributed by atoms with Crippen molar-refractivity contribution in [1.82, 2.24) is 9.78 Å². The van der Waals surface area contributed by atoms with Gasteiger partial charge in [0.15, 0.2) is 0 Å². The highest BCUT2D eigenvalue weighted by atomic mass is 79.9. The van der Waals surface area contributed by atoms with Gasteiger partial charge in [-0.25, -0.2) is 0 Å². The number of rotatable bonds is 5. The van der Waals surface area contributed by atoms with Crippen LogP contribution in [-0.2, 0) is 18.3 Å². The Balaban J connectivity index is 2.88. The molecule has 1 N–H and O–H groups in total. The van der Waals surface area contributed by atoms with Crippen LogP contribution >= 0.6 is 15.9 Å². The molecule has 0 bridgehead atoms. The largest absolute Gasteiger partial charge is 0.481 e. The fourth-order valence-electron chi connectivity index (χ4n) is 1.80. The van der Waals surface area contributed by atoms with E-state index in [1.165, 1.54) is 0 Å². The standard InChI is InChI=1S/C11H17BrN2O2/c1-4-5-8(11(15)16)6-9-10(12)7(2)13-14(9)3/h8H,4-6H2,1-3H3,(H,15,16). The lowest BCUT2D eigenvalue weighted by Gasteiger charge is -2.11. The third-order valence-corrected chi connectivity index (χ3v) is 3.72. The molecule has 0 spiro atoms. The summed E-state index contributed by atoms with van der Waals surface area (Å²) in [4.78, 5) is 11.1. The number of hydrogen-bond acceptors (Lipinski definition) is 2. The number of halogens is 1. The van der Waals surface area contributed by atoms with Crippen LogP contribution in [0.4, 0.5) is 0 Å². The van der Waals surface area contributed by atoms with Gasteiger partial charge >= 0.3 is 5.97 Å². The maximum Gasteiger partial charge on any atom is 0.306 e. The molecule has 1 unspecified atom stereocenters. The van der Waals surface area contributed by atoms with Gasteiger partial charge in [0.25, 0.3) is 0 Å². The molecule has 1 atom stereocenters. The molecule has 1 aromatic heterocycles. The van der Waals surface area contributed by atoms with Crippen molar-refractivity contribution in [3.63, 3.8) is 0 Å². The monoisotopic (exact) mass is 288 g/mol. The van der Waals surface area contributed by atoms with Crippen LogP contribution in [0.1, 0.15) is 31.2 Å². The molecular weight excluding hydrogens is 272 g/mol. The first kappa shape index (κ1) is 13.2. The summed E-state index contributed by atoms with van der Waals surface area (Å²) in [5.41, 5.74) is 1.86. The molecule has 0 aliphatic rings. The van der Waals surface area contributed by atoms with Gasteiger partial charge in [0.05, 0.1) is 21.8 Å². The summed E-state index contributed by atoms with van der Waals surface area (Å²) in [7, 11) is 1.85. The van der Waals surface area contributed by atoms with E-state index in [4.69, 9.17) is 5.11 Å². The summed E-state index contributed by atoms with van der Waals surface area (Å²) >= 11 is 3.45. The van der Waals surface area contributed by atoms with Gasteiger partial charge in [-0.05, 0) is 29.3 Å². The number of hydrogen-bond donors (Lipinski definition) is 1. The van der Waals surface area contributed by atoms with Gasteiger partial charge in [0, 0.05) is 13.5 Å². The van der Waals surface area contributed by atoms with Gasteiger partial charge in [0.2, 0.25) is 0 Å². The molecule has 0 aliphatic heterocycles. The van der Waals surface area contributed by atoms with Gasteiger partial charge < -0.3 is 5.11 Å². The molecule has 90 valence electrons. The number of carboxylic acid groups (broad SMARTS) is 1. The summed E-state index contributed by atoms with van der Waals surface area (Å²) in [6, 6.07) is 0. The van der Waals surface area contributed by atoms with Gasteiger partial charge in [-0.15, -0.1) is 0 Å². The van der Waals surface area contributed by atoms with E-state index < -0.39 is 5.97 Å². The molecule has 0 aromatic carbocycles. The van der Waals surface area contributed by atoms with Crippen LogP contribution in [0.3, 0.4) is 0 Å². The predicted octanol–water partition coefficient (Wildman–Crippen LogP) is 2.53. The SMILES string of the molecule is CCCC(Cc1c(Br)c(C)nn1C)C(=O)O. The highest BCUT2D eigenvalue weighted by molar-refractivity contribution is 9.10. The first-order valence-corrected chi connectivity index (χ1v) is 6.17. The Morgan fingerprint density at radius 2 is 2.25 bits per heavy atom. The van der Waals surface area contributed by atoms with E-state index in [9.17, 15) is 4.79 Å². The second-order valence-electron chi connectivity index (χ2n) is 4.00. The molecule has 1 aromatic rings. The summed E-state index contributed by atoms with van der Waals surface area (Å²) in [6.45, 7) is 3.91. The molecule has 5 heteroatoms. The summed E-state index contributed by atoms with van der Waals surface area (Å²) in [6.07, 6.45) is 2.11. The molecular formula is C11H17BrN2O2. The number of aromatic nitrogens is 2. The van der Waals surface area contributed by atoms with Crippen molar-refractivity contribution >= 4 is 21.9 Å². The Hall–Kier alpha value is -0.840. The molecule has 0 aliphatic carbocycles. The van der Waals surface area contributed by atoms with Gasteiger partial charge in [-0.1, -0.05) is 13.3 Å². The van der Waals surface area contributed by atoms with E-state index in [0.717, 1.165) is 22.3 Å². The number of carbonyl (C=O) groups is 1. The van der Waals surface area contributed by atoms with Crippen LogP contribution in [-0.4, -0.2) is 20.9 Å². The van der Waals surface area contributed by atoms with Crippen molar-refractivity contribution in [3.8, 4) is 0 Å². The smallest absolute Gasteiger partial charge is 0.306 e. The average molecular weight is 289 g/mol. The highest BCUT2D eigenvalue weighted by Gasteiger charge is 2.21. The van der Waals surface area contributed by atoms with Gasteiger partial charge in [0.1, 0.15) is 0 Å². The van der Waals surface area contributed by atoms with Gasteiger partial charge in [-0.2, -0.15) is 5.10 Å². The lowest BCUT2D eigenvalue weighted by Crippen LogP contribution is -2.18. The molecule has 0 radical (unpaired) electrons. The van der Waals surface area contributed by atoms with E-state index in [1.807, 2.05) is 20.9 Å². The minimum absolute atomic E-state index is 0.323. The normalized spacial score (nSPS) is 12.8. The average Bonchev–Trinajstić information content (AvgIpc) is 2.43. The Labute approximate surface area is 104 Å². The summed E-state index contributed by atoms with van der Waals surface area (Å²) in [5.74, 6) is -1.05. The van der Waals surface area contributed by atoms with Crippen LogP contribution in [0.2, 0.25) is 0 Å². The van der Waals surface area contributed by atoms with Crippen LogP contribution in [0.5, 0.6) is 0 Å². The Kier molecular flexibility index (Phi) is 4.53. The van der Waals surface area contributed by atoms with E-state index in [1.54, 1.807) is 4.68 Å². The first-order chi connectivity index (χ1) is 7.47. The van der Waals surface area contributed by atoms with Crippen molar-refractivity contribution in [1.29, 1.82) is 0 Å². The molecule has 0 saturated heterocycles. The van der Waals surface area contributed by atoms with E-state index in [0.29, 0.717) is 12.8 Å². The van der Waals surface area contributed by atoms with Crippen molar-refractivity contribution in [2.45, 2.75) is 33.1 Å². The van der Waals surface area contributed by atoms with Crippen LogP contribution in [0, 0.1) is 12.8 Å². The number of aryl methyl sites for hydroxylation is 2. The fourth-order valence-corrected chi connectivity index (χ4v) is 2.29. The Morgan fingerprint density at radius 3 is 2.62 bits per heavy atom. The zero-order chi connectivity index (χ0) is 12.3. The van der Waals surface area contributed by atoms with Gasteiger partial charge in [-0.3, -0.25) is 9.48 Å². The molecule has 16 heavy (non-hydrogen) atoms. The maximum atomic E-state index is 11.1. The lowest BCUT2D eigenvalue weighted by molar-refractivity contribution is -0.142. The zero-order valence-electron chi connectivity index (χ0n) is 9.83. The first-order valence-electron chi connectivity index (χ1n) is 5.38. The summed E-state index contributed by atoms with van der Waals surface area (Å²) in [5, 5.41) is 13.4. The summed E-state index contributed by atoms with van der Waals surface area (Å²) < 4.78 is 2.68. The quantitative estimate of drug-likeness (QED) is 0.906. The minimum Gasteiger partial charge on any atom is -0.481 e. The fraction of sp³-hybridized carbons (Fsp3) is 0.636. The van der Waals surface area contributed by atoms with Crippen molar-refractivity contribution in [2.24, 2.45) is 13.0 Å². The molecule has 0 fully saturated rings. The number of nitrogens with zero attached hydrogens (tertiary/aromatic N) is 2. The molecule has 1 heterocycles. The second-order valence-corrected chi connectivity index (χ2v) is 4.79. The van der Waals surface area contributed by atoms with E-state index in [2.05, 4.69) is 21.0 Å². The number of aliphatic carboxylic acids is 1. The van der Waals surface area contributed by atoms with E-state index >= 15 is 0 Å². The Morgan fingerprint density at radius 1 is 1.62 bits per heavy atom. The molecule has 0 amide bonds. The Bertz CT molecular complexity index is 388. The van der Waals surface area contributed by atoms with Crippen LogP contribution in [0.15, 0.2) is 4.47 Å². The third kappa shape index (κ3) is 2.84. The minimum atomic E-state index is -0.729. The van der Waals surface area contributed by atoms with Crippen molar-refractivity contribution < 1.29 is 9.90 Å². The highest BCUT2D eigenvalue weighted by Crippen LogP contribution is 2.24. The lowest BCUT2D eigenvalue weighted by atomic mass is 9.98. The molecule has 0 saturated carbocycles. The van der Waals surface area contributed by atoms with Crippen molar-refractivity contribution in [3.05, 3.63) is 15.9 Å². The van der Waals surface area contributed by atoms with Crippen LogP contribution < -0.4 is 0 Å². The second kappa shape index (κ2) is 5.48. The topological polar surface area (TPSA) is 55.1 Å². The zero-order valence-corrected chi connectivity index (χ0v) is 11.4. The molecule has 4 nitrogen and oxygen atoms in total. The molecule has 1 rings (SSSR count).